The van der Waals surface area contributed by atoms with Crippen molar-refractivity contribution in [3.63, 3.8) is 0 Å². The molecule has 0 atom stereocenters. The van der Waals surface area contributed by atoms with E-state index in [0.717, 1.165) is 22.8 Å². The highest BCUT2D eigenvalue weighted by molar-refractivity contribution is 6.22. The molecule has 2 heteroatoms. The van der Waals surface area contributed by atoms with E-state index in [1.54, 1.807) is 0 Å². The van der Waals surface area contributed by atoms with E-state index in [-0.39, 0.29) is 0 Å². The van der Waals surface area contributed by atoms with Gasteiger partial charge in [-0.3, -0.25) is 4.90 Å². The molecule has 0 amide bonds. The Morgan fingerprint density at radius 3 is 1.54 bits per heavy atom. The molecule has 184 valence electrons. The van der Waals surface area contributed by atoms with Gasteiger partial charge in [0, 0.05) is 22.5 Å². The second-order valence-corrected chi connectivity index (χ2v) is 9.59. The fraction of sp³-hybridized carbons (Fsp3) is 0. The molecule has 0 N–H and O–H groups in total. The summed E-state index contributed by atoms with van der Waals surface area (Å²) in [5.41, 5.74) is 7.01. The highest BCUT2D eigenvalue weighted by Gasteiger charge is 2.24. The van der Waals surface area contributed by atoms with Gasteiger partial charge in [0.25, 0.3) is 0 Å². The van der Waals surface area contributed by atoms with Gasteiger partial charge >= 0.3 is 0 Å². The molecule has 0 bridgehead atoms. The summed E-state index contributed by atoms with van der Waals surface area (Å²) in [5.74, 6) is 0.878. The summed E-state index contributed by atoms with van der Waals surface area (Å²) in [6.07, 6.45) is 1.87. The van der Waals surface area contributed by atoms with Crippen LogP contribution in [0.2, 0.25) is 0 Å². The fourth-order valence-corrected chi connectivity index (χ4v) is 5.64. The summed E-state index contributed by atoms with van der Waals surface area (Å²) in [6.45, 7) is 0. The first kappa shape index (κ1) is 22.9. The van der Waals surface area contributed by atoms with Gasteiger partial charge in [-0.1, -0.05) is 133 Å². The number of aromatic nitrogens is 1. The number of hydrogen-bond acceptors (Lipinski definition) is 2. The molecular weight excluding hydrogens is 472 g/mol. The minimum Gasteiger partial charge on any atom is -0.293 e. The van der Waals surface area contributed by atoms with Crippen molar-refractivity contribution in [1.29, 1.82) is 0 Å². The molecule has 39 heavy (non-hydrogen) atoms. The van der Waals surface area contributed by atoms with E-state index in [1.165, 1.54) is 38.2 Å². The molecule has 1 heterocycles. The van der Waals surface area contributed by atoms with Gasteiger partial charge in [0.15, 0.2) is 0 Å². The first-order chi connectivity index (χ1) is 19.4. The molecule has 0 aliphatic heterocycles. The van der Waals surface area contributed by atoms with Crippen LogP contribution in [0.3, 0.4) is 0 Å². The molecule has 6 aromatic carbocycles. The van der Waals surface area contributed by atoms with Gasteiger partial charge in [-0.05, 0) is 45.7 Å². The Kier molecular flexibility index (Phi) is 5.84. The zero-order valence-electron chi connectivity index (χ0n) is 21.4. The lowest BCUT2D eigenvalue weighted by molar-refractivity contribution is 1.19. The fourth-order valence-electron chi connectivity index (χ4n) is 5.64. The molecule has 2 nitrogen and oxygen atoms in total. The zero-order valence-corrected chi connectivity index (χ0v) is 21.4. The largest absolute Gasteiger partial charge is 0.293 e. The summed E-state index contributed by atoms with van der Waals surface area (Å²) in [6, 6.07) is 53.5. The topological polar surface area (TPSA) is 16.1 Å². The lowest BCUT2D eigenvalue weighted by Gasteiger charge is -2.30. The lowest BCUT2D eigenvalue weighted by Crippen LogP contribution is -2.14. The second kappa shape index (κ2) is 9.92. The normalized spacial score (nSPS) is 11.1. The van der Waals surface area contributed by atoms with E-state index < -0.39 is 0 Å². The SMILES string of the molecule is c1ccc(-c2ccccc2N(c2ccccn2)c2c3ccccc3c(-c3ccccc3)c3ccccc23)cc1. The van der Waals surface area contributed by atoms with Crippen molar-refractivity contribution in [1.82, 2.24) is 4.98 Å². The zero-order chi connectivity index (χ0) is 26.0. The number of benzene rings is 6. The van der Waals surface area contributed by atoms with E-state index in [2.05, 4.69) is 150 Å². The Morgan fingerprint density at radius 2 is 0.923 bits per heavy atom. The molecule has 0 unspecified atom stereocenters. The molecule has 0 fully saturated rings. The molecule has 1 aromatic heterocycles. The molecule has 0 aliphatic rings. The highest BCUT2D eigenvalue weighted by atomic mass is 15.2. The maximum absolute atomic E-state index is 4.89. The monoisotopic (exact) mass is 498 g/mol. The first-order valence-corrected chi connectivity index (χ1v) is 13.2. The Morgan fingerprint density at radius 1 is 0.410 bits per heavy atom. The number of pyridine rings is 1. The van der Waals surface area contributed by atoms with Gasteiger partial charge in [0.2, 0.25) is 0 Å². The molecule has 0 saturated carbocycles. The van der Waals surface area contributed by atoms with Gasteiger partial charge in [-0.2, -0.15) is 0 Å². The van der Waals surface area contributed by atoms with E-state index in [0.29, 0.717) is 0 Å². The average molecular weight is 499 g/mol. The van der Waals surface area contributed by atoms with Crippen LogP contribution in [0.1, 0.15) is 0 Å². The summed E-state index contributed by atoms with van der Waals surface area (Å²) >= 11 is 0. The summed E-state index contributed by atoms with van der Waals surface area (Å²) < 4.78 is 0. The maximum atomic E-state index is 4.89. The van der Waals surface area contributed by atoms with Crippen LogP contribution in [-0.2, 0) is 0 Å². The number of hydrogen-bond donors (Lipinski definition) is 0. The van der Waals surface area contributed by atoms with E-state index >= 15 is 0 Å². The van der Waals surface area contributed by atoms with Crippen LogP contribution in [0.25, 0.3) is 43.8 Å². The van der Waals surface area contributed by atoms with Crippen LogP contribution < -0.4 is 4.90 Å². The number of fused-ring (bicyclic) bond motifs is 2. The number of anilines is 3. The van der Waals surface area contributed by atoms with Crippen molar-refractivity contribution >= 4 is 38.7 Å². The van der Waals surface area contributed by atoms with Gasteiger partial charge in [-0.25, -0.2) is 4.98 Å². The first-order valence-electron chi connectivity index (χ1n) is 13.2. The van der Waals surface area contributed by atoms with Gasteiger partial charge in [0.1, 0.15) is 5.82 Å². The van der Waals surface area contributed by atoms with Crippen molar-refractivity contribution < 1.29 is 0 Å². The Labute approximate surface area is 228 Å². The van der Waals surface area contributed by atoms with Crippen LogP contribution >= 0.6 is 0 Å². The average Bonchev–Trinajstić information content (AvgIpc) is 3.02. The third kappa shape index (κ3) is 4.03. The van der Waals surface area contributed by atoms with Crippen LogP contribution in [0, 0.1) is 0 Å². The standard InChI is InChI=1S/C37H26N2/c1-3-15-27(16-4-1)29-19-11-12-24-34(29)39(35-25-13-14-26-38-35)37-32-22-9-7-20-30(32)36(28-17-5-2-6-18-28)31-21-8-10-23-33(31)37/h1-26H. The minimum atomic E-state index is 0.878. The van der Waals surface area contributed by atoms with Crippen molar-refractivity contribution in [3.8, 4) is 22.3 Å². The summed E-state index contributed by atoms with van der Waals surface area (Å²) in [7, 11) is 0. The van der Waals surface area contributed by atoms with Crippen LogP contribution in [0.5, 0.6) is 0 Å². The predicted molar refractivity (Wildman–Crippen MR) is 165 cm³/mol. The molecule has 0 aliphatic carbocycles. The minimum absolute atomic E-state index is 0.878. The Balaban J connectivity index is 1.63. The maximum Gasteiger partial charge on any atom is 0.137 e. The van der Waals surface area contributed by atoms with Crippen molar-refractivity contribution in [2.45, 2.75) is 0 Å². The number of rotatable bonds is 5. The smallest absolute Gasteiger partial charge is 0.137 e. The number of para-hydroxylation sites is 1. The van der Waals surface area contributed by atoms with Gasteiger partial charge in [-0.15, -0.1) is 0 Å². The van der Waals surface area contributed by atoms with Crippen LogP contribution in [0.15, 0.2) is 158 Å². The molecular formula is C37H26N2. The van der Waals surface area contributed by atoms with Crippen molar-refractivity contribution in [3.05, 3.63) is 158 Å². The molecule has 0 radical (unpaired) electrons. The summed E-state index contributed by atoms with van der Waals surface area (Å²) in [4.78, 5) is 7.22. The Bertz CT molecular complexity index is 1840. The third-order valence-electron chi connectivity index (χ3n) is 7.30. The lowest BCUT2D eigenvalue weighted by atomic mass is 9.89. The second-order valence-electron chi connectivity index (χ2n) is 9.59. The molecule has 0 spiro atoms. The third-order valence-corrected chi connectivity index (χ3v) is 7.30. The van der Waals surface area contributed by atoms with E-state index in [1.807, 2.05) is 12.3 Å². The van der Waals surface area contributed by atoms with Crippen LogP contribution in [-0.4, -0.2) is 4.98 Å². The van der Waals surface area contributed by atoms with Crippen LogP contribution in [0.4, 0.5) is 17.2 Å². The summed E-state index contributed by atoms with van der Waals surface area (Å²) in [5, 5.41) is 4.80. The molecule has 7 aromatic rings. The van der Waals surface area contributed by atoms with Gasteiger partial charge in [0.05, 0.1) is 11.4 Å². The van der Waals surface area contributed by atoms with Crippen molar-refractivity contribution in [2.24, 2.45) is 0 Å². The quantitative estimate of drug-likeness (QED) is 0.219. The molecule has 7 rings (SSSR count). The van der Waals surface area contributed by atoms with E-state index in [4.69, 9.17) is 4.98 Å². The van der Waals surface area contributed by atoms with E-state index in [9.17, 15) is 0 Å². The van der Waals surface area contributed by atoms with Crippen molar-refractivity contribution in [2.75, 3.05) is 4.90 Å². The number of nitrogens with zero attached hydrogens (tertiary/aromatic N) is 2. The highest BCUT2D eigenvalue weighted by Crippen LogP contribution is 2.49. The predicted octanol–water partition coefficient (Wildman–Crippen LogP) is 10.2. The Hall–Kier alpha value is -5.21. The molecule has 0 saturated heterocycles. The van der Waals surface area contributed by atoms with Gasteiger partial charge < -0.3 is 0 Å².